The van der Waals surface area contributed by atoms with Gasteiger partial charge >= 0.3 is 12.1 Å². The number of carbonyl (C=O) groups is 4. The molecule has 44 heavy (non-hydrogen) atoms. The second kappa shape index (κ2) is 14.1. The molecule has 2 aliphatic carbocycles. The molecular weight excluding hydrogens is 558 g/mol. The van der Waals surface area contributed by atoms with Crippen LogP contribution in [0, 0.1) is 5.92 Å². The Kier molecular flexibility index (Phi) is 10.0. The minimum absolute atomic E-state index is 0.105. The van der Waals surface area contributed by atoms with Gasteiger partial charge in [0.25, 0.3) is 0 Å². The maximum absolute atomic E-state index is 14.2. The summed E-state index contributed by atoms with van der Waals surface area (Å²) in [7, 11) is 3.04. The predicted molar refractivity (Wildman–Crippen MR) is 167 cm³/mol. The smallest absolute Gasteiger partial charge is 0.410 e. The van der Waals surface area contributed by atoms with Crippen molar-refractivity contribution in [1.82, 2.24) is 14.7 Å². The minimum Gasteiger partial charge on any atom is -0.480 e. The second-order valence-corrected chi connectivity index (χ2v) is 12.3. The molecule has 5 rings (SSSR count). The van der Waals surface area contributed by atoms with Crippen molar-refractivity contribution in [3.63, 3.8) is 0 Å². The highest BCUT2D eigenvalue weighted by atomic mass is 16.6. The minimum atomic E-state index is -1.10. The van der Waals surface area contributed by atoms with Gasteiger partial charge < -0.3 is 19.6 Å². The van der Waals surface area contributed by atoms with Crippen molar-refractivity contribution in [2.75, 3.05) is 33.8 Å². The van der Waals surface area contributed by atoms with Crippen LogP contribution < -0.4 is 0 Å². The number of hydrogen-bond acceptors (Lipinski definition) is 5. The van der Waals surface area contributed by atoms with E-state index in [1.54, 1.807) is 11.9 Å². The average molecular weight is 602 g/mol. The summed E-state index contributed by atoms with van der Waals surface area (Å²) in [5.41, 5.74) is 4.48. The monoisotopic (exact) mass is 601 g/mol. The van der Waals surface area contributed by atoms with Crippen LogP contribution in [0.15, 0.2) is 60.7 Å². The zero-order chi connectivity index (χ0) is 31.2. The standard InChI is InChI=1S/C35H43N3O6/c1-36(22-32(39)40)33(41)31(21-24-13-5-3-6-14-24)38-20-12-4-7-19-30(34(38)42)37(2)35(43)44-23-29-27-17-10-8-15-25(27)26-16-9-11-18-28(26)29/h4,7-11,15-18,24,29-31H,3,5-6,12-14,19-23H2,1-2H3,(H,39,40)/b7-4-/t30-,31?/m0/s1. The number of nitrogens with zero attached hydrogens (tertiary/aromatic N) is 3. The van der Waals surface area contributed by atoms with Gasteiger partial charge in [0, 0.05) is 26.6 Å². The quantitative estimate of drug-likeness (QED) is 0.391. The Hall–Kier alpha value is -4.14. The molecule has 9 heteroatoms. The molecule has 2 atom stereocenters. The van der Waals surface area contributed by atoms with E-state index in [9.17, 15) is 24.3 Å². The number of fused-ring (bicyclic) bond motifs is 3. The van der Waals surface area contributed by atoms with Crippen LogP contribution in [0.5, 0.6) is 0 Å². The van der Waals surface area contributed by atoms with E-state index in [2.05, 4.69) is 24.3 Å². The third-order valence-corrected chi connectivity index (χ3v) is 9.41. The van der Waals surface area contributed by atoms with Gasteiger partial charge in [-0.2, -0.15) is 0 Å². The Morgan fingerprint density at radius 3 is 2.23 bits per heavy atom. The van der Waals surface area contributed by atoms with Crippen molar-refractivity contribution in [3.8, 4) is 11.1 Å². The van der Waals surface area contributed by atoms with Crippen LogP contribution in [-0.2, 0) is 19.1 Å². The summed E-state index contributed by atoms with van der Waals surface area (Å²) >= 11 is 0. The van der Waals surface area contributed by atoms with Crippen molar-refractivity contribution < 1.29 is 29.0 Å². The zero-order valence-corrected chi connectivity index (χ0v) is 25.7. The van der Waals surface area contributed by atoms with Crippen molar-refractivity contribution in [2.45, 2.75) is 69.4 Å². The zero-order valence-electron chi connectivity index (χ0n) is 25.7. The summed E-state index contributed by atoms with van der Waals surface area (Å²) in [4.78, 5) is 57.0. The molecule has 0 spiro atoms. The Morgan fingerprint density at radius 1 is 0.955 bits per heavy atom. The molecule has 0 radical (unpaired) electrons. The number of aliphatic carboxylic acids is 1. The van der Waals surface area contributed by atoms with Crippen LogP contribution in [0.1, 0.15) is 68.4 Å². The first-order valence-corrected chi connectivity index (χ1v) is 15.8. The topological polar surface area (TPSA) is 107 Å². The first kappa shape index (κ1) is 31.3. The maximum Gasteiger partial charge on any atom is 0.410 e. The molecule has 9 nitrogen and oxygen atoms in total. The Balaban J connectivity index is 1.33. The van der Waals surface area contributed by atoms with E-state index in [0.29, 0.717) is 25.8 Å². The van der Waals surface area contributed by atoms with Gasteiger partial charge in [0.15, 0.2) is 0 Å². The van der Waals surface area contributed by atoms with E-state index in [-0.39, 0.29) is 30.3 Å². The number of carbonyl (C=O) groups excluding carboxylic acids is 3. The summed E-state index contributed by atoms with van der Waals surface area (Å²) in [6.07, 6.45) is 9.93. The summed E-state index contributed by atoms with van der Waals surface area (Å²) in [6.45, 7) is 0.0137. The van der Waals surface area contributed by atoms with E-state index >= 15 is 0 Å². The molecule has 234 valence electrons. The van der Waals surface area contributed by atoms with Gasteiger partial charge in [0.1, 0.15) is 25.2 Å². The number of rotatable bonds is 9. The van der Waals surface area contributed by atoms with Crippen LogP contribution in [0.3, 0.4) is 0 Å². The number of carboxylic acids is 1. The van der Waals surface area contributed by atoms with E-state index in [4.69, 9.17) is 4.74 Å². The normalized spacial score (nSPS) is 20.1. The lowest BCUT2D eigenvalue weighted by Gasteiger charge is -2.39. The fourth-order valence-corrected chi connectivity index (χ4v) is 7.05. The molecule has 1 unspecified atom stereocenters. The highest BCUT2D eigenvalue weighted by Crippen LogP contribution is 2.44. The van der Waals surface area contributed by atoms with E-state index in [1.807, 2.05) is 36.4 Å². The molecule has 1 aliphatic heterocycles. The van der Waals surface area contributed by atoms with Crippen LogP contribution in [0.2, 0.25) is 0 Å². The summed E-state index contributed by atoms with van der Waals surface area (Å²) in [6, 6.07) is 14.6. The van der Waals surface area contributed by atoms with Gasteiger partial charge in [0.05, 0.1) is 0 Å². The molecule has 1 fully saturated rings. The Bertz CT molecular complexity index is 1350. The molecule has 0 aromatic heterocycles. The highest BCUT2D eigenvalue weighted by Gasteiger charge is 2.40. The average Bonchev–Trinajstić information content (AvgIpc) is 3.34. The van der Waals surface area contributed by atoms with Crippen molar-refractivity contribution in [1.29, 1.82) is 0 Å². The maximum atomic E-state index is 14.2. The van der Waals surface area contributed by atoms with Crippen molar-refractivity contribution in [2.24, 2.45) is 5.92 Å². The van der Waals surface area contributed by atoms with Crippen LogP contribution in [0.4, 0.5) is 4.79 Å². The number of carboxylic acid groups (broad SMARTS) is 1. The fourth-order valence-electron chi connectivity index (χ4n) is 7.05. The fraction of sp³-hybridized carbons (Fsp3) is 0.486. The summed E-state index contributed by atoms with van der Waals surface area (Å²) in [5, 5.41) is 9.35. The molecule has 2 aromatic rings. The molecule has 1 N–H and O–H groups in total. The Morgan fingerprint density at radius 2 is 1.59 bits per heavy atom. The molecule has 3 amide bonds. The first-order chi connectivity index (χ1) is 21.3. The second-order valence-electron chi connectivity index (χ2n) is 12.3. The number of amides is 3. The molecule has 0 bridgehead atoms. The third kappa shape index (κ3) is 6.82. The molecule has 3 aliphatic rings. The molecule has 1 heterocycles. The van der Waals surface area contributed by atoms with Crippen LogP contribution in [-0.4, -0.2) is 89.6 Å². The van der Waals surface area contributed by atoms with Gasteiger partial charge in [-0.25, -0.2) is 4.79 Å². The number of likely N-dealkylation sites (N-methyl/N-ethyl adjacent to an activating group) is 2. The summed E-state index contributed by atoms with van der Waals surface area (Å²) < 4.78 is 5.87. The van der Waals surface area contributed by atoms with E-state index in [0.717, 1.165) is 54.4 Å². The predicted octanol–water partition coefficient (Wildman–Crippen LogP) is 5.30. The number of ether oxygens (including phenoxy) is 1. The molecule has 2 aromatic carbocycles. The largest absolute Gasteiger partial charge is 0.480 e. The first-order valence-electron chi connectivity index (χ1n) is 15.8. The number of hydrogen-bond donors (Lipinski definition) is 1. The SMILES string of the molecule is CN(CC(=O)O)C(=O)C(CC1CCCCC1)N1CC/C=C\C[C@H](N(C)C(=O)OCC2c3ccccc3-c3ccccc32)C1=O. The Labute approximate surface area is 259 Å². The third-order valence-electron chi connectivity index (χ3n) is 9.41. The van der Waals surface area contributed by atoms with E-state index in [1.165, 1.54) is 16.8 Å². The van der Waals surface area contributed by atoms with Crippen LogP contribution >= 0.6 is 0 Å². The van der Waals surface area contributed by atoms with Gasteiger partial charge in [-0.1, -0.05) is 92.8 Å². The number of benzene rings is 2. The van der Waals surface area contributed by atoms with Gasteiger partial charge in [0.2, 0.25) is 11.8 Å². The molecule has 1 saturated carbocycles. The van der Waals surface area contributed by atoms with Crippen molar-refractivity contribution in [3.05, 3.63) is 71.8 Å². The lowest BCUT2D eigenvalue weighted by molar-refractivity contribution is -0.151. The lowest BCUT2D eigenvalue weighted by atomic mass is 9.84. The van der Waals surface area contributed by atoms with Crippen LogP contribution in [0.25, 0.3) is 11.1 Å². The molecular formula is C35H43N3O6. The van der Waals surface area contributed by atoms with Gasteiger partial charge in [-0.3, -0.25) is 19.3 Å². The van der Waals surface area contributed by atoms with Gasteiger partial charge in [-0.15, -0.1) is 0 Å². The van der Waals surface area contributed by atoms with E-state index < -0.39 is 30.7 Å². The highest BCUT2D eigenvalue weighted by molar-refractivity contribution is 5.92. The summed E-state index contributed by atoms with van der Waals surface area (Å²) in [5.74, 6) is -1.62. The van der Waals surface area contributed by atoms with Crippen molar-refractivity contribution >= 4 is 23.9 Å². The lowest BCUT2D eigenvalue weighted by Crippen LogP contribution is -2.57. The molecule has 0 saturated heterocycles. The van der Waals surface area contributed by atoms with Gasteiger partial charge in [-0.05, 0) is 47.4 Å².